The minimum atomic E-state index is -0.0445. The van der Waals surface area contributed by atoms with E-state index in [-0.39, 0.29) is 5.91 Å². The Balaban J connectivity index is 1.96. The smallest absolute Gasteiger partial charge is 0.254 e. The van der Waals surface area contributed by atoms with Crippen LogP contribution in [0.25, 0.3) is 0 Å². The van der Waals surface area contributed by atoms with Gasteiger partial charge in [0.1, 0.15) is 0 Å². The summed E-state index contributed by atoms with van der Waals surface area (Å²) in [7, 11) is 0. The van der Waals surface area contributed by atoms with Gasteiger partial charge in [0.2, 0.25) is 0 Å². The monoisotopic (exact) mass is 251 g/mol. The second-order valence-corrected chi connectivity index (χ2v) is 4.49. The van der Waals surface area contributed by atoms with E-state index in [1.165, 1.54) is 5.01 Å². The van der Waals surface area contributed by atoms with Gasteiger partial charge in [0.25, 0.3) is 5.91 Å². The number of aryl methyl sites for hydroxylation is 1. The molecule has 2 heterocycles. The van der Waals surface area contributed by atoms with Gasteiger partial charge in [0, 0.05) is 6.20 Å². The standard InChI is InChI=1S/C15H13N3O/c1-11-7-8-16-14(9-11)18-15(19)10-13(17-18)12-5-3-2-4-6-12/h2-9H,10H2,1H3. The molecule has 1 aliphatic heterocycles. The zero-order valence-electron chi connectivity index (χ0n) is 10.6. The van der Waals surface area contributed by atoms with Crippen molar-refractivity contribution in [1.82, 2.24) is 4.98 Å². The third-order valence-electron chi connectivity index (χ3n) is 3.00. The van der Waals surface area contributed by atoms with Gasteiger partial charge < -0.3 is 0 Å². The van der Waals surface area contributed by atoms with E-state index >= 15 is 0 Å². The van der Waals surface area contributed by atoms with Crippen molar-refractivity contribution < 1.29 is 4.79 Å². The molecule has 1 aliphatic rings. The van der Waals surface area contributed by atoms with E-state index in [4.69, 9.17) is 0 Å². The molecule has 0 spiro atoms. The molecule has 2 aromatic rings. The first-order chi connectivity index (χ1) is 9.24. The number of hydrogen-bond acceptors (Lipinski definition) is 3. The van der Waals surface area contributed by atoms with Crippen LogP contribution in [0.1, 0.15) is 17.5 Å². The fourth-order valence-corrected chi connectivity index (χ4v) is 2.04. The molecular formula is C15H13N3O. The van der Waals surface area contributed by atoms with E-state index in [2.05, 4.69) is 10.1 Å². The molecule has 4 nitrogen and oxygen atoms in total. The van der Waals surface area contributed by atoms with Crippen molar-refractivity contribution in [3.05, 3.63) is 59.8 Å². The predicted molar refractivity (Wildman–Crippen MR) is 74.1 cm³/mol. The predicted octanol–water partition coefficient (Wildman–Crippen LogP) is 2.53. The van der Waals surface area contributed by atoms with Crippen LogP contribution in [0.2, 0.25) is 0 Å². The molecule has 1 amide bonds. The van der Waals surface area contributed by atoms with Gasteiger partial charge >= 0.3 is 0 Å². The lowest BCUT2D eigenvalue weighted by Gasteiger charge is -2.10. The van der Waals surface area contributed by atoms with Crippen molar-refractivity contribution in [2.75, 3.05) is 5.01 Å². The Morgan fingerprint density at radius 3 is 2.68 bits per heavy atom. The number of carbonyl (C=O) groups excluding carboxylic acids is 1. The third kappa shape index (κ3) is 2.25. The van der Waals surface area contributed by atoms with Crippen molar-refractivity contribution in [2.45, 2.75) is 13.3 Å². The molecule has 94 valence electrons. The zero-order valence-corrected chi connectivity index (χ0v) is 10.6. The second-order valence-electron chi connectivity index (χ2n) is 4.49. The van der Waals surface area contributed by atoms with Gasteiger partial charge in [-0.25, -0.2) is 4.98 Å². The van der Waals surface area contributed by atoms with Crippen LogP contribution >= 0.6 is 0 Å². The van der Waals surface area contributed by atoms with E-state index < -0.39 is 0 Å². The number of nitrogens with zero attached hydrogens (tertiary/aromatic N) is 3. The Hall–Kier alpha value is -2.49. The van der Waals surface area contributed by atoms with Crippen LogP contribution in [0.5, 0.6) is 0 Å². The Labute approximate surface area is 111 Å². The summed E-state index contributed by atoms with van der Waals surface area (Å²) in [6.07, 6.45) is 2.01. The first kappa shape index (κ1) is 11.6. The molecule has 0 saturated heterocycles. The average Bonchev–Trinajstić information content (AvgIpc) is 2.82. The van der Waals surface area contributed by atoms with E-state index in [1.807, 2.05) is 49.4 Å². The van der Waals surface area contributed by atoms with Gasteiger partial charge in [-0.2, -0.15) is 10.1 Å². The minimum absolute atomic E-state index is 0.0445. The number of amides is 1. The zero-order chi connectivity index (χ0) is 13.2. The number of carbonyl (C=O) groups is 1. The molecule has 4 heteroatoms. The van der Waals surface area contributed by atoms with Gasteiger partial charge in [-0.05, 0) is 30.2 Å². The summed E-state index contributed by atoms with van der Waals surface area (Å²) < 4.78 is 0. The lowest BCUT2D eigenvalue weighted by atomic mass is 10.1. The number of aromatic nitrogens is 1. The van der Waals surface area contributed by atoms with Gasteiger partial charge in [-0.3, -0.25) is 4.79 Å². The highest BCUT2D eigenvalue weighted by Gasteiger charge is 2.26. The van der Waals surface area contributed by atoms with Crippen molar-refractivity contribution in [1.29, 1.82) is 0 Å². The molecule has 0 atom stereocenters. The number of anilines is 1. The Morgan fingerprint density at radius 2 is 1.95 bits per heavy atom. The molecule has 1 aromatic heterocycles. The Kier molecular flexibility index (Phi) is 2.83. The quantitative estimate of drug-likeness (QED) is 0.823. The maximum absolute atomic E-state index is 12.0. The van der Waals surface area contributed by atoms with Crippen LogP contribution in [-0.2, 0) is 4.79 Å². The summed E-state index contributed by atoms with van der Waals surface area (Å²) >= 11 is 0. The molecule has 0 N–H and O–H groups in total. The van der Waals surface area contributed by atoms with Crippen molar-refractivity contribution >= 4 is 17.4 Å². The number of pyridine rings is 1. The molecule has 3 rings (SSSR count). The maximum atomic E-state index is 12.0. The van der Waals surface area contributed by atoms with Crippen molar-refractivity contribution in [2.24, 2.45) is 5.10 Å². The molecule has 0 radical (unpaired) electrons. The van der Waals surface area contributed by atoms with Crippen LogP contribution in [0.3, 0.4) is 0 Å². The highest BCUT2D eigenvalue weighted by Crippen LogP contribution is 2.21. The van der Waals surface area contributed by atoms with E-state index in [1.54, 1.807) is 6.20 Å². The Morgan fingerprint density at radius 1 is 1.16 bits per heavy atom. The van der Waals surface area contributed by atoms with Gasteiger partial charge in [-0.15, -0.1) is 0 Å². The van der Waals surface area contributed by atoms with Crippen LogP contribution in [0.4, 0.5) is 5.82 Å². The highest BCUT2D eigenvalue weighted by atomic mass is 16.2. The van der Waals surface area contributed by atoms with Crippen LogP contribution in [0.15, 0.2) is 53.8 Å². The molecule has 0 saturated carbocycles. The number of hydrogen-bond donors (Lipinski definition) is 0. The van der Waals surface area contributed by atoms with Crippen LogP contribution in [0, 0.1) is 6.92 Å². The number of hydrazone groups is 1. The summed E-state index contributed by atoms with van der Waals surface area (Å²) in [5.74, 6) is 0.535. The summed E-state index contributed by atoms with van der Waals surface area (Å²) in [6, 6.07) is 13.5. The fourth-order valence-electron chi connectivity index (χ4n) is 2.04. The lowest BCUT2D eigenvalue weighted by molar-refractivity contribution is -0.116. The summed E-state index contributed by atoms with van der Waals surface area (Å²) in [5.41, 5.74) is 2.82. The summed E-state index contributed by atoms with van der Waals surface area (Å²) in [5, 5.41) is 5.77. The molecule has 0 aliphatic carbocycles. The normalized spacial score (nSPS) is 14.7. The van der Waals surface area contributed by atoms with Crippen molar-refractivity contribution in [3.63, 3.8) is 0 Å². The largest absolute Gasteiger partial charge is 0.272 e. The lowest BCUT2D eigenvalue weighted by Crippen LogP contribution is -2.20. The van der Waals surface area contributed by atoms with E-state index in [0.717, 1.165) is 16.8 Å². The topological polar surface area (TPSA) is 45.6 Å². The van der Waals surface area contributed by atoms with Crippen molar-refractivity contribution in [3.8, 4) is 0 Å². The molecular weight excluding hydrogens is 238 g/mol. The third-order valence-corrected chi connectivity index (χ3v) is 3.00. The first-order valence-electron chi connectivity index (χ1n) is 6.12. The van der Waals surface area contributed by atoms with Crippen LogP contribution in [-0.4, -0.2) is 16.6 Å². The fraction of sp³-hybridized carbons (Fsp3) is 0.133. The van der Waals surface area contributed by atoms with Gasteiger partial charge in [0.05, 0.1) is 12.1 Å². The second kappa shape index (κ2) is 4.65. The number of benzene rings is 1. The maximum Gasteiger partial charge on any atom is 0.254 e. The first-order valence-corrected chi connectivity index (χ1v) is 6.12. The molecule has 0 fully saturated rings. The number of rotatable bonds is 2. The van der Waals surface area contributed by atoms with Gasteiger partial charge in [-0.1, -0.05) is 30.3 Å². The minimum Gasteiger partial charge on any atom is -0.272 e. The van der Waals surface area contributed by atoms with E-state index in [9.17, 15) is 4.79 Å². The van der Waals surface area contributed by atoms with E-state index in [0.29, 0.717) is 12.2 Å². The summed E-state index contributed by atoms with van der Waals surface area (Å²) in [4.78, 5) is 16.2. The molecule has 0 unspecified atom stereocenters. The molecule has 19 heavy (non-hydrogen) atoms. The highest BCUT2D eigenvalue weighted by molar-refractivity contribution is 6.19. The molecule has 1 aromatic carbocycles. The van der Waals surface area contributed by atoms with Crippen LogP contribution < -0.4 is 5.01 Å². The SMILES string of the molecule is Cc1ccnc(N2N=C(c3ccccc3)CC2=O)c1. The van der Waals surface area contributed by atoms with Gasteiger partial charge in [0.15, 0.2) is 5.82 Å². The Bertz CT molecular complexity index is 649. The summed E-state index contributed by atoms with van der Waals surface area (Å²) in [6.45, 7) is 1.97. The molecule has 0 bridgehead atoms. The average molecular weight is 251 g/mol.